The van der Waals surface area contributed by atoms with Crippen molar-refractivity contribution >= 4 is 44.5 Å². The first-order valence-electron chi connectivity index (χ1n) is 18.0. The Labute approximate surface area is 338 Å². The van der Waals surface area contributed by atoms with E-state index in [0.29, 0.717) is 16.5 Å². The third-order valence-electron chi connectivity index (χ3n) is 8.23. The van der Waals surface area contributed by atoms with Gasteiger partial charge in [-0.2, -0.15) is 4.31 Å². The molecule has 1 aliphatic rings. The molecule has 328 valence electrons. The minimum atomic E-state index is -5.38. The van der Waals surface area contributed by atoms with Crippen LogP contribution in [-0.4, -0.2) is 82.6 Å². The molecular weight excluding hydrogens is 826 g/mol. The largest absolute Gasteiger partial charge is 0.489 e. The second kappa shape index (κ2) is 18.7. The summed E-state index contributed by atoms with van der Waals surface area (Å²) in [6.07, 6.45) is -4.53. The highest BCUT2D eigenvalue weighted by atomic mass is 31.3. The van der Waals surface area contributed by atoms with E-state index in [-0.39, 0.29) is 6.54 Å². The topological polar surface area (TPSA) is 266 Å². The first-order chi connectivity index (χ1) is 27.2. The second-order valence-corrected chi connectivity index (χ2v) is 19.8. The highest BCUT2D eigenvalue weighted by molar-refractivity contribution is 7.62. The summed E-state index contributed by atoms with van der Waals surface area (Å²) >= 11 is 0. The Balaban J connectivity index is 1.58. The van der Waals surface area contributed by atoms with E-state index in [0.717, 1.165) is 21.4 Å². The number of carbonyl (C=O) groups excluding carboxylic acids is 3. The van der Waals surface area contributed by atoms with E-state index in [1.807, 2.05) is 0 Å². The van der Waals surface area contributed by atoms with Gasteiger partial charge in [-0.25, -0.2) is 27.5 Å². The van der Waals surface area contributed by atoms with E-state index in [1.54, 1.807) is 24.3 Å². The molecule has 1 aliphatic heterocycles. The lowest BCUT2D eigenvalue weighted by molar-refractivity contribution is -0.163. The van der Waals surface area contributed by atoms with Crippen molar-refractivity contribution in [2.75, 3.05) is 27.0 Å². The number of esters is 3. The van der Waals surface area contributed by atoms with Crippen molar-refractivity contribution in [1.82, 2.24) is 9.13 Å². The Morgan fingerprint density at radius 3 is 1.73 bits per heavy atom. The molecule has 1 saturated heterocycles. The summed E-state index contributed by atoms with van der Waals surface area (Å²) < 4.78 is 81.7. The van der Waals surface area contributed by atoms with Gasteiger partial charge in [-0.05, 0) is 68.4 Å². The predicted molar refractivity (Wildman–Crippen MR) is 203 cm³/mol. The smallest absolute Gasteiger partial charge is 0.464 e. The monoisotopic (exact) mass is 876 g/mol. The van der Waals surface area contributed by atoms with Crippen LogP contribution in [0, 0.1) is 16.2 Å². The Bertz CT molecular complexity index is 2160. The number of rotatable bonds is 17. The van der Waals surface area contributed by atoms with Crippen LogP contribution >= 0.6 is 15.6 Å². The number of aromatic nitrogens is 2. The van der Waals surface area contributed by atoms with Crippen molar-refractivity contribution in [2.45, 2.75) is 93.4 Å². The third kappa shape index (κ3) is 12.5. The zero-order chi connectivity index (χ0) is 44.1. The number of aliphatic hydroxyl groups excluding tert-OH is 2. The summed E-state index contributed by atoms with van der Waals surface area (Å²) in [5, 5.41) is 22.6. The highest BCUT2D eigenvalue weighted by Gasteiger charge is 2.48. The average Bonchev–Trinajstić information content (AvgIpc) is 3.67. The summed E-state index contributed by atoms with van der Waals surface area (Å²) in [4.78, 5) is 63.6. The lowest BCUT2D eigenvalue weighted by Crippen LogP contribution is -2.43. The van der Waals surface area contributed by atoms with Crippen molar-refractivity contribution in [3.63, 3.8) is 0 Å². The fraction of sp³-hybridized carbons (Fsp3) is 0.583. The van der Waals surface area contributed by atoms with Gasteiger partial charge < -0.3 is 33.6 Å². The number of hydrogen-bond donors (Lipinski definition) is 2. The van der Waals surface area contributed by atoms with E-state index >= 15 is 0 Å². The van der Waals surface area contributed by atoms with Gasteiger partial charge in [0, 0.05) is 23.2 Å². The van der Waals surface area contributed by atoms with Crippen LogP contribution in [-0.2, 0) is 71.4 Å². The number of benzene rings is 1. The number of nitrogens with zero attached hydrogens (tertiary/aromatic N) is 2. The van der Waals surface area contributed by atoms with Gasteiger partial charge in [0.2, 0.25) is 20.4 Å². The summed E-state index contributed by atoms with van der Waals surface area (Å²) in [5.74, 6) is -2.48. The predicted octanol–water partition coefficient (Wildman–Crippen LogP) is 4.36. The number of furan rings is 1. The van der Waals surface area contributed by atoms with E-state index in [1.165, 1.54) is 68.6 Å². The summed E-state index contributed by atoms with van der Waals surface area (Å²) in [6.45, 7) is 9.04. The molecule has 3 aromatic rings. The Morgan fingerprint density at radius 2 is 1.22 bits per heavy atom. The van der Waals surface area contributed by atoms with Crippen molar-refractivity contribution in [3.05, 3.63) is 69.2 Å². The van der Waals surface area contributed by atoms with Gasteiger partial charge in [0.1, 0.15) is 23.9 Å². The first-order valence-corrected chi connectivity index (χ1v) is 21.0. The van der Waals surface area contributed by atoms with Gasteiger partial charge in [0.25, 0.3) is 5.56 Å². The number of fused-ring (bicyclic) bond motifs is 1. The van der Waals surface area contributed by atoms with Gasteiger partial charge in [0.15, 0.2) is 6.23 Å². The zero-order valence-corrected chi connectivity index (χ0v) is 35.8. The minimum Gasteiger partial charge on any atom is -0.464 e. The number of phosphoric ester groups is 2. The molecule has 0 bridgehead atoms. The first kappa shape index (κ1) is 47.7. The lowest BCUT2D eigenvalue weighted by atomic mass is 9.98. The molecule has 1 fully saturated rings. The molecule has 3 heterocycles. The Hall–Kier alpha value is -4.01. The van der Waals surface area contributed by atoms with Gasteiger partial charge in [-0.15, -0.1) is 0 Å². The zero-order valence-electron chi connectivity index (χ0n) is 34.0. The van der Waals surface area contributed by atoms with E-state index in [4.69, 9.17) is 45.8 Å². The standard InChI is InChI=1S/C36H50N2O19P2/c1-34(2,3)30(42)49-19-53-58(46,57-59(47,54-20-50-31(43)35(4,5)6)55-21-51-32(44)36(7,8)9)52-18-25-27(40)28(41)29(56-25)37-15-14-26(39)38(33(37)45)16-22-17-48-24-13-11-10-12-23(22)24/h10-15,17,25,27-29,40-41H,16,18-21H2,1-9H3/t25-,27?,28+,29-,58?/m1/s1. The third-order valence-corrected chi connectivity index (χ3v) is 11.6. The molecule has 23 heteroatoms. The highest BCUT2D eigenvalue weighted by Crippen LogP contribution is 2.66. The van der Waals surface area contributed by atoms with Crippen LogP contribution in [0.25, 0.3) is 11.0 Å². The summed E-state index contributed by atoms with van der Waals surface area (Å²) in [6, 6.07) is 7.99. The van der Waals surface area contributed by atoms with Gasteiger partial charge >= 0.3 is 39.2 Å². The normalized spacial score (nSPS) is 20.0. The lowest BCUT2D eigenvalue weighted by Gasteiger charge is -2.25. The van der Waals surface area contributed by atoms with Crippen molar-refractivity contribution in [2.24, 2.45) is 16.2 Å². The van der Waals surface area contributed by atoms with Crippen LogP contribution in [0.4, 0.5) is 0 Å². The number of para-hydroxylation sites is 1. The molecular formula is C36H50N2O19P2. The molecule has 21 nitrogen and oxygen atoms in total. The molecule has 0 radical (unpaired) electrons. The van der Waals surface area contributed by atoms with Crippen LogP contribution < -0.4 is 11.2 Å². The maximum absolute atomic E-state index is 14.1. The molecule has 59 heavy (non-hydrogen) atoms. The summed E-state index contributed by atoms with van der Waals surface area (Å²) in [7, 11) is -10.7. The van der Waals surface area contributed by atoms with Gasteiger partial charge in [-0.3, -0.25) is 32.8 Å². The van der Waals surface area contributed by atoms with E-state index in [2.05, 4.69) is 0 Å². The number of phosphoric acid groups is 2. The number of carbonyl (C=O) groups is 3. The van der Waals surface area contributed by atoms with Crippen molar-refractivity contribution < 1.29 is 79.5 Å². The molecule has 0 spiro atoms. The number of ether oxygens (including phenoxy) is 4. The van der Waals surface area contributed by atoms with E-state index < -0.39 is 113 Å². The van der Waals surface area contributed by atoms with Gasteiger partial charge in [-0.1, -0.05) is 18.2 Å². The quantitative estimate of drug-likeness (QED) is 0.0825. The molecule has 0 amide bonds. The number of aliphatic hydroxyl groups is 2. The molecule has 5 atom stereocenters. The molecule has 0 saturated carbocycles. The van der Waals surface area contributed by atoms with Crippen LogP contribution in [0.15, 0.2) is 56.8 Å². The molecule has 2 N–H and O–H groups in total. The second-order valence-electron chi connectivity index (χ2n) is 16.3. The van der Waals surface area contributed by atoms with Crippen LogP contribution in [0.1, 0.15) is 74.1 Å². The fourth-order valence-corrected chi connectivity index (χ4v) is 7.59. The fourth-order valence-electron chi connectivity index (χ4n) is 4.83. The minimum absolute atomic E-state index is 0.222. The average molecular weight is 877 g/mol. The van der Waals surface area contributed by atoms with Crippen molar-refractivity contribution in [1.29, 1.82) is 0 Å². The summed E-state index contributed by atoms with van der Waals surface area (Å²) in [5.41, 5.74) is -3.76. The van der Waals surface area contributed by atoms with E-state index in [9.17, 15) is 43.3 Å². The molecule has 1 aromatic carbocycles. The Morgan fingerprint density at radius 1 is 0.729 bits per heavy atom. The van der Waals surface area contributed by atoms with Crippen LogP contribution in [0.2, 0.25) is 0 Å². The maximum atomic E-state index is 14.1. The van der Waals surface area contributed by atoms with Crippen molar-refractivity contribution in [3.8, 4) is 0 Å². The molecule has 4 rings (SSSR count). The Kier molecular flexibility index (Phi) is 15.1. The molecule has 2 aromatic heterocycles. The number of hydrogen-bond acceptors (Lipinski definition) is 19. The maximum Gasteiger partial charge on any atom is 0.489 e. The SMILES string of the molecule is CC(C)(C)C(=O)OCOP(=O)(OCOC(=O)C(C)(C)C)OP(=O)(OCOC(=O)C(C)(C)C)OC[C@H]1O[C@@H](n2ccc(=O)n(Cc3coc4ccccc34)c2=O)[C@@H](O)C1O. The van der Waals surface area contributed by atoms with Crippen LogP contribution in [0.3, 0.4) is 0 Å². The van der Waals surface area contributed by atoms with Gasteiger partial charge in [0.05, 0.1) is 35.7 Å². The molecule has 0 aliphatic carbocycles. The molecule has 2 unspecified atom stereocenters. The van der Waals surface area contributed by atoms with Crippen LogP contribution in [0.5, 0.6) is 0 Å².